The SMILES string of the molecule is CC(N)C(O)c1cc(Cl)cc(Cl)c1Cl. The van der Waals surface area contributed by atoms with E-state index in [1.807, 2.05) is 0 Å². The van der Waals surface area contributed by atoms with Crippen molar-refractivity contribution in [1.29, 1.82) is 0 Å². The van der Waals surface area contributed by atoms with E-state index in [9.17, 15) is 5.11 Å². The lowest BCUT2D eigenvalue weighted by atomic mass is 10.0. The number of aliphatic hydroxyl groups excluding tert-OH is 1. The number of hydrogen-bond acceptors (Lipinski definition) is 2. The van der Waals surface area contributed by atoms with Crippen molar-refractivity contribution in [3.63, 3.8) is 0 Å². The highest BCUT2D eigenvalue weighted by molar-refractivity contribution is 6.43. The Labute approximate surface area is 97.6 Å². The van der Waals surface area contributed by atoms with Crippen LogP contribution >= 0.6 is 34.8 Å². The van der Waals surface area contributed by atoms with E-state index in [-0.39, 0.29) is 0 Å². The van der Waals surface area contributed by atoms with Crippen molar-refractivity contribution in [1.82, 2.24) is 0 Å². The summed E-state index contributed by atoms with van der Waals surface area (Å²) in [5, 5.41) is 10.7. The number of halogens is 3. The first-order valence-corrected chi connectivity index (χ1v) is 5.15. The highest BCUT2D eigenvalue weighted by Crippen LogP contribution is 2.34. The van der Waals surface area contributed by atoms with Gasteiger partial charge in [0.15, 0.2) is 0 Å². The number of benzene rings is 1. The summed E-state index contributed by atoms with van der Waals surface area (Å²) in [6.45, 7) is 1.68. The molecule has 0 heterocycles. The molecule has 3 N–H and O–H groups in total. The Hall–Kier alpha value is 0.01000. The molecule has 0 fully saturated rings. The fourth-order valence-electron chi connectivity index (χ4n) is 1.07. The minimum absolute atomic E-state index is 0.292. The molecule has 1 rings (SSSR count). The van der Waals surface area contributed by atoms with Crippen LogP contribution in [0.25, 0.3) is 0 Å². The number of nitrogens with two attached hydrogens (primary N) is 1. The Morgan fingerprint density at radius 3 is 2.36 bits per heavy atom. The van der Waals surface area contributed by atoms with Gasteiger partial charge in [-0.05, 0) is 19.1 Å². The van der Waals surface area contributed by atoms with Crippen LogP contribution < -0.4 is 5.73 Å². The Kier molecular flexibility index (Phi) is 4.04. The van der Waals surface area contributed by atoms with Gasteiger partial charge >= 0.3 is 0 Å². The van der Waals surface area contributed by atoms with E-state index in [4.69, 9.17) is 40.5 Å². The van der Waals surface area contributed by atoms with Crippen molar-refractivity contribution in [3.8, 4) is 0 Å². The first-order chi connectivity index (χ1) is 6.43. The third kappa shape index (κ3) is 2.53. The van der Waals surface area contributed by atoms with E-state index in [0.717, 1.165) is 0 Å². The van der Waals surface area contributed by atoms with Gasteiger partial charge in [0.25, 0.3) is 0 Å². The predicted octanol–water partition coefficient (Wildman–Crippen LogP) is 3.03. The maximum Gasteiger partial charge on any atom is 0.0953 e. The zero-order valence-corrected chi connectivity index (χ0v) is 9.74. The first-order valence-electron chi connectivity index (χ1n) is 4.01. The van der Waals surface area contributed by atoms with Gasteiger partial charge in [-0.1, -0.05) is 34.8 Å². The molecule has 0 bridgehead atoms. The lowest BCUT2D eigenvalue weighted by Crippen LogP contribution is -2.24. The molecular formula is C9H10Cl3NO. The summed E-state index contributed by atoms with van der Waals surface area (Å²) in [6.07, 6.45) is -0.862. The van der Waals surface area contributed by atoms with Gasteiger partial charge in [0.1, 0.15) is 0 Å². The fraction of sp³-hybridized carbons (Fsp3) is 0.333. The van der Waals surface area contributed by atoms with Gasteiger partial charge in [-0.25, -0.2) is 0 Å². The lowest BCUT2D eigenvalue weighted by Gasteiger charge is -2.17. The summed E-state index contributed by atoms with van der Waals surface area (Å²) in [7, 11) is 0. The van der Waals surface area contributed by atoms with Crippen LogP contribution in [-0.2, 0) is 0 Å². The molecule has 0 aliphatic rings. The summed E-state index contributed by atoms with van der Waals surface area (Å²) in [4.78, 5) is 0. The first kappa shape index (κ1) is 12.1. The van der Waals surface area contributed by atoms with E-state index < -0.39 is 12.1 Å². The molecule has 0 aliphatic heterocycles. The Morgan fingerprint density at radius 2 is 1.86 bits per heavy atom. The van der Waals surface area contributed by atoms with Crippen molar-refractivity contribution in [2.24, 2.45) is 5.73 Å². The van der Waals surface area contributed by atoms with Crippen molar-refractivity contribution < 1.29 is 5.11 Å². The normalized spacial score (nSPS) is 15.3. The zero-order chi connectivity index (χ0) is 10.9. The van der Waals surface area contributed by atoms with E-state index >= 15 is 0 Å². The number of rotatable bonds is 2. The second kappa shape index (κ2) is 4.69. The summed E-state index contributed by atoms with van der Waals surface area (Å²) in [5.74, 6) is 0. The van der Waals surface area contributed by atoms with E-state index in [1.54, 1.807) is 13.0 Å². The monoisotopic (exact) mass is 253 g/mol. The van der Waals surface area contributed by atoms with Gasteiger partial charge in [0.05, 0.1) is 16.1 Å². The molecule has 5 heteroatoms. The standard InChI is InChI=1S/C9H10Cl3NO/c1-4(13)9(14)6-2-5(10)3-7(11)8(6)12/h2-4,9,14H,13H2,1H3. The van der Waals surface area contributed by atoms with E-state index in [1.165, 1.54) is 6.07 Å². The van der Waals surface area contributed by atoms with Crippen LogP contribution in [0.3, 0.4) is 0 Å². The quantitative estimate of drug-likeness (QED) is 0.797. The third-order valence-electron chi connectivity index (χ3n) is 1.84. The van der Waals surface area contributed by atoms with Crippen LogP contribution in [0.15, 0.2) is 12.1 Å². The van der Waals surface area contributed by atoms with Crippen molar-refractivity contribution >= 4 is 34.8 Å². The summed E-state index contributed by atoms with van der Waals surface area (Å²) < 4.78 is 0. The molecule has 0 saturated heterocycles. The molecule has 14 heavy (non-hydrogen) atoms. The number of hydrogen-bond donors (Lipinski definition) is 2. The van der Waals surface area contributed by atoms with Gasteiger partial charge in [-0.15, -0.1) is 0 Å². The van der Waals surface area contributed by atoms with Gasteiger partial charge in [-0.2, -0.15) is 0 Å². The molecule has 1 aromatic carbocycles. The molecular weight excluding hydrogens is 244 g/mol. The molecule has 2 nitrogen and oxygen atoms in total. The van der Waals surface area contributed by atoms with E-state index in [2.05, 4.69) is 0 Å². The Bertz CT molecular complexity index is 341. The van der Waals surface area contributed by atoms with Gasteiger partial charge in [-0.3, -0.25) is 0 Å². The van der Waals surface area contributed by atoms with Gasteiger partial charge in [0.2, 0.25) is 0 Å². The second-order valence-electron chi connectivity index (χ2n) is 3.09. The highest BCUT2D eigenvalue weighted by Gasteiger charge is 2.18. The van der Waals surface area contributed by atoms with Gasteiger partial charge in [0, 0.05) is 16.6 Å². The zero-order valence-electron chi connectivity index (χ0n) is 7.47. The van der Waals surface area contributed by atoms with Gasteiger partial charge < -0.3 is 10.8 Å². The number of aliphatic hydroxyl groups is 1. The fourth-order valence-corrected chi connectivity index (χ4v) is 1.80. The molecule has 2 unspecified atom stereocenters. The van der Waals surface area contributed by atoms with E-state index in [0.29, 0.717) is 20.6 Å². The van der Waals surface area contributed by atoms with Crippen LogP contribution in [0, 0.1) is 0 Å². The molecule has 0 amide bonds. The van der Waals surface area contributed by atoms with Crippen LogP contribution in [0.2, 0.25) is 15.1 Å². The topological polar surface area (TPSA) is 46.2 Å². The molecule has 0 radical (unpaired) electrons. The highest BCUT2D eigenvalue weighted by atomic mass is 35.5. The minimum Gasteiger partial charge on any atom is -0.387 e. The molecule has 0 aliphatic carbocycles. The van der Waals surface area contributed by atoms with Crippen LogP contribution in [0.5, 0.6) is 0 Å². The Morgan fingerprint density at radius 1 is 1.29 bits per heavy atom. The van der Waals surface area contributed by atoms with Crippen molar-refractivity contribution in [2.45, 2.75) is 19.1 Å². The lowest BCUT2D eigenvalue weighted by molar-refractivity contribution is 0.153. The Balaban J connectivity index is 3.20. The van der Waals surface area contributed by atoms with Crippen LogP contribution in [0.1, 0.15) is 18.6 Å². The predicted molar refractivity (Wildman–Crippen MR) is 60.1 cm³/mol. The average molecular weight is 255 g/mol. The van der Waals surface area contributed by atoms with Crippen LogP contribution in [-0.4, -0.2) is 11.1 Å². The van der Waals surface area contributed by atoms with Crippen molar-refractivity contribution in [2.75, 3.05) is 0 Å². The molecule has 2 atom stereocenters. The maximum absolute atomic E-state index is 9.70. The second-order valence-corrected chi connectivity index (χ2v) is 4.32. The summed E-state index contributed by atoms with van der Waals surface area (Å²) in [6, 6.07) is 2.65. The maximum atomic E-state index is 9.70. The summed E-state index contributed by atoms with van der Waals surface area (Å²) >= 11 is 17.5. The largest absolute Gasteiger partial charge is 0.387 e. The smallest absolute Gasteiger partial charge is 0.0953 e. The molecule has 78 valence electrons. The summed E-state index contributed by atoms with van der Waals surface area (Å²) in [5.41, 5.74) is 6.00. The van der Waals surface area contributed by atoms with Crippen LogP contribution in [0.4, 0.5) is 0 Å². The molecule has 0 aromatic heterocycles. The van der Waals surface area contributed by atoms with Crippen molar-refractivity contribution in [3.05, 3.63) is 32.8 Å². The third-order valence-corrected chi connectivity index (χ3v) is 2.87. The average Bonchev–Trinajstić information content (AvgIpc) is 2.09. The molecule has 1 aromatic rings. The molecule has 0 spiro atoms. The minimum atomic E-state index is -0.862. The molecule has 0 saturated carbocycles.